The van der Waals surface area contributed by atoms with Crippen molar-refractivity contribution in [1.29, 1.82) is 0 Å². The predicted octanol–water partition coefficient (Wildman–Crippen LogP) is 3.16. The molecule has 0 aliphatic rings. The molecule has 6 heteroatoms. The van der Waals surface area contributed by atoms with Crippen LogP contribution in [0.25, 0.3) is 0 Å². The molecular formula is C17H17ClN4O. The summed E-state index contributed by atoms with van der Waals surface area (Å²) in [6, 6.07) is 14.9. The summed E-state index contributed by atoms with van der Waals surface area (Å²) in [6.07, 6.45) is 0.760. The number of aliphatic hydroxyl groups excluding tert-OH is 1. The van der Waals surface area contributed by atoms with Crippen LogP contribution < -0.4 is 5.32 Å². The maximum absolute atomic E-state index is 10.7. The first kappa shape index (κ1) is 15.5. The van der Waals surface area contributed by atoms with Crippen LogP contribution in [0.2, 0.25) is 5.02 Å². The molecule has 0 saturated carbocycles. The van der Waals surface area contributed by atoms with Gasteiger partial charge in [-0.3, -0.25) is 4.68 Å². The van der Waals surface area contributed by atoms with E-state index in [1.165, 1.54) is 6.33 Å². The predicted molar refractivity (Wildman–Crippen MR) is 90.3 cm³/mol. The van der Waals surface area contributed by atoms with Crippen molar-refractivity contribution in [3.8, 4) is 0 Å². The summed E-state index contributed by atoms with van der Waals surface area (Å²) in [5.74, 6) is 0.806. The first-order chi connectivity index (χ1) is 11.1. The number of rotatable bonds is 5. The van der Waals surface area contributed by atoms with E-state index in [-0.39, 0.29) is 0 Å². The van der Waals surface area contributed by atoms with Crippen LogP contribution in [0.5, 0.6) is 0 Å². The molecule has 23 heavy (non-hydrogen) atoms. The molecule has 2 N–H and O–H groups in total. The Kier molecular flexibility index (Phi) is 4.60. The summed E-state index contributed by atoms with van der Waals surface area (Å²) in [5, 5.41) is 18.6. The highest BCUT2D eigenvalue weighted by Crippen LogP contribution is 2.31. The molecule has 3 aromatic rings. The Hall–Kier alpha value is -2.37. The zero-order chi connectivity index (χ0) is 16.2. The largest absolute Gasteiger partial charge is 0.384 e. The number of aryl methyl sites for hydroxylation is 1. The number of anilines is 1. The number of nitrogens with zero attached hydrogens (tertiary/aromatic N) is 3. The van der Waals surface area contributed by atoms with Gasteiger partial charge in [-0.25, -0.2) is 4.98 Å². The van der Waals surface area contributed by atoms with Crippen molar-refractivity contribution >= 4 is 17.3 Å². The lowest BCUT2D eigenvalue weighted by molar-refractivity contribution is 0.221. The Morgan fingerprint density at radius 1 is 1.22 bits per heavy atom. The highest BCUT2D eigenvalue weighted by atomic mass is 35.5. The second-order valence-electron chi connectivity index (χ2n) is 5.20. The van der Waals surface area contributed by atoms with Gasteiger partial charge >= 0.3 is 0 Å². The second-order valence-corrected chi connectivity index (χ2v) is 5.63. The Morgan fingerprint density at radius 3 is 2.70 bits per heavy atom. The van der Waals surface area contributed by atoms with E-state index in [1.807, 2.05) is 43.4 Å². The average Bonchev–Trinajstić information content (AvgIpc) is 2.99. The molecule has 3 rings (SSSR count). The first-order valence-corrected chi connectivity index (χ1v) is 7.62. The van der Waals surface area contributed by atoms with Crippen LogP contribution in [0.3, 0.4) is 0 Å². The lowest BCUT2D eigenvalue weighted by atomic mass is 10.00. The van der Waals surface area contributed by atoms with Gasteiger partial charge in [-0.15, -0.1) is 0 Å². The van der Waals surface area contributed by atoms with E-state index in [0.717, 1.165) is 22.6 Å². The third kappa shape index (κ3) is 3.52. The third-order valence-electron chi connectivity index (χ3n) is 3.67. The van der Waals surface area contributed by atoms with E-state index in [2.05, 4.69) is 15.4 Å². The lowest BCUT2D eigenvalue weighted by Gasteiger charge is -2.17. The highest BCUT2D eigenvalue weighted by Gasteiger charge is 2.15. The van der Waals surface area contributed by atoms with Crippen molar-refractivity contribution in [1.82, 2.24) is 14.8 Å². The van der Waals surface area contributed by atoms with Crippen molar-refractivity contribution in [2.24, 2.45) is 7.05 Å². The van der Waals surface area contributed by atoms with E-state index < -0.39 is 6.10 Å². The van der Waals surface area contributed by atoms with E-state index in [1.54, 1.807) is 16.8 Å². The molecule has 0 aliphatic carbocycles. The maximum Gasteiger partial charge on any atom is 0.145 e. The van der Waals surface area contributed by atoms with Crippen LogP contribution in [0.4, 0.5) is 5.69 Å². The molecule has 0 spiro atoms. The Bertz CT molecular complexity index is 788. The van der Waals surface area contributed by atoms with E-state index in [9.17, 15) is 5.11 Å². The van der Waals surface area contributed by atoms with Gasteiger partial charge in [-0.05, 0) is 23.8 Å². The topological polar surface area (TPSA) is 63.0 Å². The molecule has 1 atom stereocenters. The first-order valence-electron chi connectivity index (χ1n) is 7.24. The normalized spacial score (nSPS) is 12.1. The van der Waals surface area contributed by atoms with Crippen LogP contribution in [0.15, 0.2) is 54.9 Å². The van der Waals surface area contributed by atoms with E-state index >= 15 is 0 Å². The fourth-order valence-corrected chi connectivity index (χ4v) is 2.57. The molecule has 0 saturated heterocycles. The summed E-state index contributed by atoms with van der Waals surface area (Å²) in [6.45, 7) is 0.507. The molecule has 2 aromatic carbocycles. The van der Waals surface area contributed by atoms with Gasteiger partial charge in [0.05, 0.1) is 6.54 Å². The number of hydrogen-bond acceptors (Lipinski definition) is 4. The minimum Gasteiger partial charge on any atom is -0.384 e. The number of halogens is 1. The summed E-state index contributed by atoms with van der Waals surface area (Å²) in [5.41, 5.74) is 2.36. The van der Waals surface area contributed by atoms with Gasteiger partial charge in [0.1, 0.15) is 18.3 Å². The van der Waals surface area contributed by atoms with Gasteiger partial charge in [-0.1, -0.05) is 41.9 Å². The molecule has 0 radical (unpaired) electrons. The number of hydrogen-bond donors (Lipinski definition) is 2. The van der Waals surface area contributed by atoms with Crippen LogP contribution in [-0.2, 0) is 13.6 Å². The van der Waals surface area contributed by atoms with Gasteiger partial charge < -0.3 is 10.4 Å². The van der Waals surface area contributed by atoms with E-state index in [4.69, 9.17) is 11.6 Å². The van der Waals surface area contributed by atoms with Crippen molar-refractivity contribution in [2.75, 3.05) is 5.32 Å². The number of aromatic nitrogens is 3. The Morgan fingerprint density at radius 2 is 2.00 bits per heavy atom. The van der Waals surface area contributed by atoms with Crippen LogP contribution in [0, 0.1) is 0 Å². The van der Waals surface area contributed by atoms with Crippen molar-refractivity contribution in [3.63, 3.8) is 0 Å². The molecule has 5 nitrogen and oxygen atoms in total. The zero-order valence-electron chi connectivity index (χ0n) is 12.6. The molecule has 1 aromatic heterocycles. The Labute approximate surface area is 139 Å². The fraction of sp³-hybridized carbons (Fsp3) is 0.176. The summed E-state index contributed by atoms with van der Waals surface area (Å²) in [4.78, 5) is 4.18. The molecule has 1 heterocycles. The fourth-order valence-electron chi connectivity index (χ4n) is 2.39. The monoisotopic (exact) mass is 328 g/mol. The maximum atomic E-state index is 10.7. The van der Waals surface area contributed by atoms with Crippen LogP contribution in [0.1, 0.15) is 23.1 Å². The molecule has 0 bridgehead atoms. The highest BCUT2D eigenvalue weighted by molar-refractivity contribution is 6.30. The second kappa shape index (κ2) is 6.81. The number of aliphatic hydroxyl groups is 1. The van der Waals surface area contributed by atoms with Crippen molar-refractivity contribution in [2.45, 2.75) is 12.6 Å². The SMILES string of the molecule is Cn1ncnc1CNc1ccc(Cl)cc1[C@@H](O)c1ccccc1. The number of nitrogens with one attached hydrogen (secondary N) is 1. The quantitative estimate of drug-likeness (QED) is 0.755. The average molecular weight is 329 g/mol. The molecular weight excluding hydrogens is 312 g/mol. The van der Waals surface area contributed by atoms with Crippen LogP contribution in [-0.4, -0.2) is 19.9 Å². The van der Waals surface area contributed by atoms with Crippen molar-refractivity contribution < 1.29 is 5.11 Å². The van der Waals surface area contributed by atoms with Gasteiger partial charge in [-0.2, -0.15) is 5.10 Å². The number of benzene rings is 2. The smallest absolute Gasteiger partial charge is 0.145 e. The van der Waals surface area contributed by atoms with Gasteiger partial charge in [0.15, 0.2) is 0 Å². The van der Waals surface area contributed by atoms with Gasteiger partial charge in [0, 0.05) is 23.3 Å². The summed E-state index contributed by atoms with van der Waals surface area (Å²) < 4.78 is 1.70. The third-order valence-corrected chi connectivity index (χ3v) is 3.90. The summed E-state index contributed by atoms with van der Waals surface area (Å²) in [7, 11) is 1.84. The zero-order valence-corrected chi connectivity index (χ0v) is 13.4. The van der Waals surface area contributed by atoms with Gasteiger partial charge in [0.2, 0.25) is 0 Å². The standard InChI is InChI=1S/C17H17ClN4O/c1-22-16(20-11-21-22)10-19-15-8-7-13(18)9-14(15)17(23)12-5-3-2-4-6-12/h2-9,11,17,19,23H,10H2,1H3/t17-/m0/s1. The minimum absolute atomic E-state index is 0.507. The Balaban J connectivity index is 1.87. The summed E-state index contributed by atoms with van der Waals surface area (Å²) >= 11 is 6.11. The van der Waals surface area contributed by atoms with Gasteiger partial charge in [0.25, 0.3) is 0 Å². The van der Waals surface area contributed by atoms with Crippen LogP contribution >= 0.6 is 11.6 Å². The lowest BCUT2D eigenvalue weighted by Crippen LogP contribution is -2.10. The van der Waals surface area contributed by atoms with E-state index in [0.29, 0.717) is 11.6 Å². The van der Waals surface area contributed by atoms with Crippen molar-refractivity contribution in [3.05, 3.63) is 76.8 Å². The molecule has 0 fully saturated rings. The molecule has 118 valence electrons. The molecule has 0 amide bonds. The molecule has 0 aliphatic heterocycles. The minimum atomic E-state index is -0.753. The molecule has 0 unspecified atom stereocenters.